The number of hydrogen-bond donors (Lipinski definition) is 3. The smallest absolute Gasteiger partial charge is 0.407 e. The molecule has 0 bridgehead atoms. The van der Waals surface area contributed by atoms with E-state index in [-0.39, 0.29) is 42.9 Å². The molecule has 5 rings (SSSR count). The van der Waals surface area contributed by atoms with Crippen molar-refractivity contribution in [2.75, 3.05) is 13.2 Å². The predicted molar refractivity (Wildman–Crippen MR) is 131 cm³/mol. The van der Waals surface area contributed by atoms with Crippen molar-refractivity contribution in [2.24, 2.45) is 23.2 Å². The number of benzene rings is 2. The lowest BCUT2D eigenvalue weighted by atomic mass is 9.94. The number of aliphatic carboxylic acids is 1. The largest absolute Gasteiger partial charge is 0.481 e. The summed E-state index contributed by atoms with van der Waals surface area (Å²) in [4.78, 5) is 37.0. The van der Waals surface area contributed by atoms with Crippen LogP contribution < -0.4 is 10.6 Å². The highest BCUT2D eigenvalue weighted by Gasteiger charge is 2.65. The molecule has 3 aliphatic carbocycles. The summed E-state index contributed by atoms with van der Waals surface area (Å²) >= 11 is 0. The normalized spacial score (nSPS) is 24.8. The van der Waals surface area contributed by atoms with Gasteiger partial charge in [-0.25, -0.2) is 4.79 Å². The molecule has 2 amide bonds. The van der Waals surface area contributed by atoms with Crippen LogP contribution in [0.5, 0.6) is 0 Å². The Kier molecular flexibility index (Phi) is 6.03. The Morgan fingerprint density at radius 2 is 1.66 bits per heavy atom. The van der Waals surface area contributed by atoms with Crippen LogP contribution in [0.4, 0.5) is 4.79 Å². The molecule has 2 aromatic rings. The van der Waals surface area contributed by atoms with Crippen molar-refractivity contribution in [3.05, 3.63) is 59.7 Å². The Balaban J connectivity index is 1.14. The summed E-state index contributed by atoms with van der Waals surface area (Å²) in [5, 5.41) is 15.3. The van der Waals surface area contributed by atoms with Crippen molar-refractivity contribution in [3.8, 4) is 11.1 Å². The maximum absolute atomic E-state index is 12.9. The molecule has 184 valence electrons. The van der Waals surface area contributed by atoms with Crippen LogP contribution in [0, 0.1) is 23.2 Å². The molecular weight excluding hydrogens is 444 g/mol. The Morgan fingerprint density at radius 3 is 2.23 bits per heavy atom. The third-order valence-electron chi connectivity index (χ3n) is 8.14. The zero-order valence-electron chi connectivity index (χ0n) is 20.1. The van der Waals surface area contributed by atoms with Crippen molar-refractivity contribution >= 4 is 18.0 Å². The summed E-state index contributed by atoms with van der Waals surface area (Å²) in [6, 6.07) is 16.2. The number of alkyl carbamates (subject to hydrolysis) is 1. The van der Waals surface area contributed by atoms with Gasteiger partial charge in [0.15, 0.2) is 0 Å². The van der Waals surface area contributed by atoms with Gasteiger partial charge in [0.1, 0.15) is 6.61 Å². The van der Waals surface area contributed by atoms with Crippen LogP contribution in [0.1, 0.15) is 50.2 Å². The molecule has 2 fully saturated rings. The number of ether oxygens (including phenoxy) is 1. The first kappa shape index (κ1) is 23.4. The van der Waals surface area contributed by atoms with Gasteiger partial charge in [0.25, 0.3) is 0 Å². The van der Waals surface area contributed by atoms with Crippen LogP contribution in [0.3, 0.4) is 0 Å². The Labute approximate surface area is 205 Å². The Hall–Kier alpha value is -3.35. The van der Waals surface area contributed by atoms with Gasteiger partial charge in [-0.3, -0.25) is 9.59 Å². The fourth-order valence-electron chi connectivity index (χ4n) is 6.05. The lowest BCUT2D eigenvalue weighted by Gasteiger charge is -2.24. The van der Waals surface area contributed by atoms with E-state index in [1.54, 1.807) is 0 Å². The molecule has 0 heterocycles. The molecule has 3 aliphatic rings. The van der Waals surface area contributed by atoms with Crippen LogP contribution >= 0.6 is 0 Å². The Bertz CT molecular complexity index is 1120. The first-order chi connectivity index (χ1) is 16.8. The third kappa shape index (κ3) is 4.28. The van der Waals surface area contributed by atoms with Gasteiger partial charge < -0.3 is 20.5 Å². The quantitative estimate of drug-likeness (QED) is 0.531. The molecule has 35 heavy (non-hydrogen) atoms. The molecule has 7 nitrogen and oxygen atoms in total. The second kappa shape index (κ2) is 9.02. The molecule has 3 N–H and O–H groups in total. The number of carbonyl (C=O) groups is 3. The second-order valence-electron chi connectivity index (χ2n) is 10.6. The van der Waals surface area contributed by atoms with Crippen LogP contribution in [-0.4, -0.2) is 42.3 Å². The summed E-state index contributed by atoms with van der Waals surface area (Å²) in [6.45, 7) is 4.27. The van der Waals surface area contributed by atoms with Crippen LogP contribution in [-0.2, 0) is 14.3 Å². The standard InChI is InChI=1S/C28H32N2O5/c1-16(2)23(25(31)30-18-11-17-12-28(17,13-18)26(32)33)14-29-27(34)35-15-24-21-9-5-3-7-19(21)20-8-4-6-10-22(20)24/h3-10,16-18,23-24H,11-15H2,1-2H3,(H,29,34)(H,30,31)(H,32,33). The average molecular weight is 477 g/mol. The van der Waals surface area contributed by atoms with Crippen LogP contribution in [0.2, 0.25) is 0 Å². The fourth-order valence-corrected chi connectivity index (χ4v) is 6.05. The molecule has 0 spiro atoms. The third-order valence-corrected chi connectivity index (χ3v) is 8.14. The Morgan fingerprint density at radius 1 is 1.03 bits per heavy atom. The van der Waals surface area contributed by atoms with Crippen molar-refractivity contribution < 1.29 is 24.2 Å². The first-order valence-corrected chi connectivity index (χ1v) is 12.4. The molecule has 0 radical (unpaired) electrons. The zero-order valence-corrected chi connectivity index (χ0v) is 20.1. The van der Waals surface area contributed by atoms with E-state index in [0.717, 1.165) is 11.1 Å². The summed E-state index contributed by atoms with van der Waals surface area (Å²) < 4.78 is 5.60. The van der Waals surface area contributed by atoms with Gasteiger partial charge in [-0.15, -0.1) is 0 Å². The monoisotopic (exact) mass is 476 g/mol. The minimum atomic E-state index is -0.753. The lowest BCUT2D eigenvalue weighted by Crippen LogP contribution is -2.45. The van der Waals surface area contributed by atoms with Gasteiger partial charge in [0.2, 0.25) is 5.91 Å². The van der Waals surface area contributed by atoms with Gasteiger partial charge in [0.05, 0.1) is 11.3 Å². The number of carboxylic acids is 1. The van der Waals surface area contributed by atoms with Crippen LogP contribution in [0.15, 0.2) is 48.5 Å². The number of rotatable bonds is 8. The number of nitrogens with one attached hydrogen (secondary N) is 2. The van der Waals surface area contributed by atoms with E-state index in [1.165, 1.54) is 11.1 Å². The molecule has 4 unspecified atom stereocenters. The second-order valence-corrected chi connectivity index (χ2v) is 10.6. The summed E-state index contributed by atoms with van der Waals surface area (Å²) in [5.74, 6) is -1.17. The fraction of sp³-hybridized carbons (Fsp3) is 0.464. The maximum Gasteiger partial charge on any atom is 0.407 e. The molecule has 0 saturated heterocycles. The summed E-state index contributed by atoms with van der Waals surface area (Å²) in [6.07, 6.45) is 1.37. The molecule has 0 aliphatic heterocycles. The number of fused-ring (bicyclic) bond motifs is 4. The van der Waals surface area contributed by atoms with Crippen molar-refractivity contribution in [1.29, 1.82) is 0 Å². The van der Waals surface area contributed by atoms with E-state index in [0.29, 0.717) is 19.3 Å². The van der Waals surface area contributed by atoms with Gasteiger partial charge >= 0.3 is 12.1 Å². The number of hydrogen-bond acceptors (Lipinski definition) is 4. The van der Waals surface area contributed by atoms with E-state index >= 15 is 0 Å². The van der Waals surface area contributed by atoms with Crippen molar-refractivity contribution in [1.82, 2.24) is 10.6 Å². The van der Waals surface area contributed by atoms with Gasteiger partial charge in [-0.05, 0) is 53.4 Å². The highest BCUT2D eigenvalue weighted by atomic mass is 16.5. The summed E-state index contributed by atoms with van der Waals surface area (Å²) in [7, 11) is 0. The predicted octanol–water partition coefficient (Wildman–Crippen LogP) is 4.17. The molecule has 2 saturated carbocycles. The first-order valence-electron chi connectivity index (χ1n) is 12.4. The van der Waals surface area contributed by atoms with E-state index in [2.05, 4.69) is 34.9 Å². The highest BCUT2D eigenvalue weighted by molar-refractivity contribution is 5.82. The van der Waals surface area contributed by atoms with Gasteiger partial charge in [-0.1, -0.05) is 62.4 Å². The molecular formula is C28H32N2O5. The summed E-state index contributed by atoms with van der Waals surface area (Å²) in [5.41, 5.74) is 4.00. The van der Waals surface area contributed by atoms with Gasteiger partial charge in [0, 0.05) is 18.5 Å². The maximum atomic E-state index is 12.9. The van der Waals surface area contributed by atoms with E-state index in [1.807, 2.05) is 38.1 Å². The van der Waals surface area contributed by atoms with Gasteiger partial charge in [-0.2, -0.15) is 0 Å². The van der Waals surface area contributed by atoms with E-state index in [4.69, 9.17) is 4.74 Å². The molecule has 7 heteroatoms. The average Bonchev–Trinajstić information content (AvgIpc) is 3.26. The molecule has 2 aromatic carbocycles. The lowest BCUT2D eigenvalue weighted by molar-refractivity contribution is -0.144. The molecule has 4 atom stereocenters. The zero-order chi connectivity index (χ0) is 24.7. The number of carboxylic acid groups (broad SMARTS) is 1. The van der Waals surface area contributed by atoms with E-state index < -0.39 is 23.4 Å². The van der Waals surface area contributed by atoms with Crippen molar-refractivity contribution in [2.45, 2.75) is 45.1 Å². The van der Waals surface area contributed by atoms with Crippen LogP contribution in [0.25, 0.3) is 11.1 Å². The topological polar surface area (TPSA) is 105 Å². The van der Waals surface area contributed by atoms with E-state index in [9.17, 15) is 19.5 Å². The number of carbonyl (C=O) groups excluding carboxylic acids is 2. The molecule has 0 aromatic heterocycles. The SMILES string of the molecule is CC(C)C(CNC(=O)OCC1c2ccccc2-c2ccccc21)C(=O)NC1CC2CC2(C(=O)O)C1. The minimum Gasteiger partial charge on any atom is -0.481 e. The highest BCUT2D eigenvalue weighted by Crippen LogP contribution is 2.63. The van der Waals surface area contributed by atoms with Crippen molar-refractivity contribution in [3.63, 3.8) is 0 Å². The number of amides is 2. The minimum absolute atomic E-state index is 0.00765.